The monoisotopic (exact) mass is 547 g/mol. The van der Waals surface area contributed by atoms with E-state index < -0.39 is 17.3 Å². The van der Waals surface area contributed by atoms with Gasteiger partial charge in [0.2, 0.25) is 5.88 Å². The minimum atomic E-state index is -4.35. The molecular formula is C29H36F3N3O4. The number of halogens is 3. The molecule has 0 spiro atoms. The van der Waals surface area contributed by atoms with Gasteiger partial charge in [-0.05, 0) is 69.9 Å². The Morgan fingerprint density at radius 1 is 0.949 bits per heavy atom. The summed E-state index contributed by atoms with van der Waals surface area (Å²) in [5, 5.41) is 0. The summed E-state index contributed by atoms with van der Waals surface area (Å²) in [4.78, 5) is 33.3. The van der Waals surface area contributed by atoms with E-state index in [1.165, 1.54) is 12.1 Å². The highest BCUT2D eigenvalue weighted by atomic mass is 19.4. The van der Waals surface area contributed by atoms with Crippen molar-refractivity contribution in [2.45, 2.75) is 70.8 Å². The fourth-order valence-corrected chi connectivity index (χ4v) is 4.94. The lowest BCUT2D eigenvalue weighted by atomic mass is 9.90. The average Bonchev–Trinajstić information content (AvgIpc) is 2.88. The lowest BCUT2D eigenvalue weighted by Gasteiger charge is -2.33. The molecule has 0 radical (unpaired) electrons. The number of alkyl halides is 3. The molecule has 7 nitrogen and oxygen atoms in total. The Balaban J connectivity index is 1.24. The standard InChI is InChI=1S/C29H36F3N3O4/c1-28(2,3)39-27(37)35-14-9-20(10-15-35)18-25(36)21-8-13-33-26(19-21)38-24-11-16-34(17-12-24)23-6-4-22(5-7-23)29(30,31)32/h4-8,13,19-20,24H,9-12,14-18H2,1-3H3. The van der Waals surface area contributed by atoms with E-state index >= 15 is 0 Å². The first kappa shape index (κ1) is 28.7. The van der Waals surface area contributed by atoms with Crippen molar-refractivity contribution >= 4 is 17.6 Å². The predicted octanol–water partition coefficient (Wildman–Crippen LogP) is 6.37. The second-order valence-electron chi connectivity index (χ2n) is 11.3. The number of carbonyl (C=O) groups excluding carboxylic acids is 2. The molecule has 0 unspecified atom stereocenters. The van der Waals surface area contributed by atoms with Crippen molar-refractivity contribution in [3.8, 4) is 5.88 Å². The van der Waals surface area contributed by atoms with Crippen LogP contribution >= 0.6 is 0 Å². The fourth-order valence-electron chi connectivity index (χ4n) is 4.94. The number of amides is 1. The first-order valence-corrected chi connectivity index (χ1v) is 13.4. The van der Waals surface area contributed by atoms with E-state index in [4.69, 9.17) is 9.47 Å². The quantitative estimate of drug-likeness (QED) is 0.392. The summed E-state index contributed by atoms with van der Waals surface area (Å²) in [5.74, 6) is 0.618. The average molecular weight is 548 g/mol. The molecule has 0 N–H and O–H groups in total. The molecule has 1 amide bonds. The highest BCUT2D eigenvalue weighted by Crippen LogP contribution is 2.31. The third-order valence-corrected chi connectivity index (χ3v) is 7.09. The number of anilines is 1. The Morgan fingerprint density at radius 3 is 2.18 bits per heavy atom. The van der Waals surface area contributed by atoms with Gasteiger partial charge in [0.1, 0.15) is 11.7 Å². The molecule has 1 aromatic heterocycles. The van der Waals surface area contributed by atoms with E-state index in [9.17, 15) is 22.8 Å². The smallest absolute Gasteiger partial charge is 0.416 e. The van der Waals surface area contributed by atoms with E-state index in [-0.39, 0.29) is 23.9 Å². The van der Waals surface area contributed by atoms with Crippen LogP contribution in [0.5, 0.6) is 5.88 Å². The van der Waals surface area contributed by atoms with Crippen LogP contribution in [-0.4, -0.2) is 59.6 Å². The molecule has 0 atom stereocenters. The van der Waals surface area contributed by atoms with Gasteiger partial charge in [0.05, 0.1) is 5.56 Å². The van der Waals surface area contributed by atoms with Crippen LogP contribution < -0.4 is 9.64 Å². The topological polar surface area (TPSA) is 72.0 Å². The number of benzene rings is 1. The Morgan fingerprint density at radius 2 is 1.59 bits per heavy atom. The molecule has 2 aliphatic heterocycles. The maximum atomic E-state index is 13.0. The summed E-state index contributed by atoms with van der Waals surface area (Å²) in [6.07, 6.45) is 0.102. The van der Waals surface area contributed by atoms with Gasteiger partial charge in [-0.2, -0.15) is 13.2 Å². The SMILES string of the molecule is CC(C)(C)OC(=O)N1CCC(CC(=O)c2ccnc(OC3CCN(c4ccc(C(F)(F)F)cc4)CC3)c2)CC1. The fraction of sp³-hybridized carbons (Fsp3) is 0.552. The maximum Gasteiger partial charge on any atom is 0.416 e. The number of pyridine rings is 1. The van der Waals surface area contributed by atoms with E-state index in [1.807, 2.05) is 25.7 Å². The lowest BCUT2D eigenvalue weighted by molar-refractivity contribution is -0.137. The second kappa shape index (κ2) is 11.8. The first-order chi connectivity index (χ1) is 18.4. The summed E-state index contributed by atoms with van der Waals surface area (Å²) in [7, 11) is 0. The number of piperidine rings is 2. The van der Waals surface area contributed by atoms with Crippen LogP contribution in [0, 0.1) is 5.92 Å². The molecule has 0 saturated carbocycles. The van der Waals surface area contributed by atoms with Crippen LogP contribution in [0.4, 0.5) is 23.7 Å². The largest absolute Gasteiger partial charge is 0.474 e. The van der Waals surface area contributed by atoms with Gasteiger partial charge in [-0.25, -0.2) is 9.78 Å². The molecule has 212 valence electrons. The van der Waals surface area contributed by atoms with E-state index in [0.29, 0.717) is 56.9 Å². The Labute approximate surface area is 227 Å². The Hall–Kier alpha value is -3.30. The number of hydrogen-bond acceptors (Lipinski definition) is 6. The molecule has 3 heterocycles. The van der Waals surface area contributed by atoms with Gasteiger partial charge in [-0.1, -0.05) is 0 Å². The number of carbonyl (C=O) groups is 2. The number of likely N-dealkylation sites (tertiary alicyclic amines) is 1. The molecule has 0 aliphatic carbocycles. The van der Waals surface area contributed by atoms with Crippen LogP contribution in [0.15, 0.2) is 42.6 Å². The molecule has 2 aliphatic rings. The van der Waals surface area contributed by atoms with Gasteiger partial charge in [0.15, 0.2) is 5.78 Å². The minimum Gasteiger partial charge on any atom is -0.474 e. The molecule has 2 saturated heterocycles. The van der Waals surface area contributed by atoms with Gasteiger partial charge < -0.3 is 19.3 Å². The number of nitrogens with zero attached hydrogens (tertiary/aromatic N) is 3. The van der Waals surface area contributed by atoms with Gasteiger partial charge in [0.25, 0.3) is 0 Å². The zero-order chi connectivity index (χ0) is 28.2. The molecule has 39 heavy (non-hydrogen) atoms. The minimum absolute atomic E-state index is 0.0232. The van der Waals surface area contributed by atoms with Gasteiger partial charge >= 0.3 is 12.3 Å². The van der Waals surface area contributed by atoms with Crippen molar-refractivity contribution in [1.29, 1.82) is 0 Å². The summed E-state index contributed by atoms with van der Waals surface area (Å²) >= 11 is 0. The third-order valence-electron chi connectivity index (χ3n) is 7.09. The number of ketones is 1. The van der Waals surface area contributed by atoms with Crippen LogP contribution in [0.1, 0.15) is 68.8 Å². The van der Waals surface area contributed by atoms with Crippen molar-refractivity contribution in [2.75, 3.05) is 31.1 Å². The third kappa shape index (κ3) is 8.10. The summed E-state index contributed by atoms with van der Waals surface area (Å²) < 4.78 is 50.0. The van der Waals surface area contributed by atoms with Crippen molar-refractivity contribution in [1.82, 2.24) is 9.88 Å². The van der Waals surface area contributed by atoms with Gasteiger partial charge in [0, 0.05) is 69.0 Å². The molecular weight excluding hydrogens is 511 g/mol. The molecule has 2 aromatic rings. The zero-order valence-electron chi connectivity index (χ0n) is 22.7. The Bertz CT molecular complexity index is 1130. The van der Waals surface area contributed by atoms with Crippen molar-refractivity contribution in [3.63, 3.8) is 0 Å². The molecule has 2 fully saturated rings. The van der Waals surface area contributed by atoms with Crippen molar-refractivity contribution in [2.24, 2.45) is 5.92 Å². The summed E-state index contributed by atoms with van der Waals surface area (Å²) in [6, 6.07) is 8.59. The van der Waals surface area contributed by atoms with Crippen LogP contribution in [0.2, 0.25) is 0 Å². The van der Waals surface area contributed by atoms with E-state index in [0.717, 1.165) is 30.7 Å². The number of rotatable bonds is 6. The highest BCUT2D eigenvalue weighted by Gasteiger charge is 2.31. The van der Waals surface area contributed by atoms with Crippen LogP contribution in [0.25, 0.3) is 0 Å². The van der Waals surface area contributed by atoms with E-state index in [2.05, 4.69) is 4.98 Å². The zero-order valence-corrected chi connectivity index (χ0v) is 22.7. The molecule has 0 bridgehead atoms. The Kier molecular flexibility index (Phi) is 8.71. The number of aromatic nitrogens is 1. The lowest BCUT2D eigenvalue weighted by Crippen LogP contribution is -2.42. The summed E-state index contributed by atoms with van der Waals surface area (Å²) in [6.45, 7) is 7.97. The number of ether oxygens (including phenoxy) is 2. The van der Waals surface area contributed by atoms with Crippen LogP contribution in [0.3, 0.4) is 0 Å². The molecule has 4 rings (SSSR count). The van der Waals surface area contributed by atoms with Gasteiger partial charge in [-0.3, -0.25) is 4.79 Å². The first-order valence-electron chi connectivity index (χ1n) is 13.4. The molecule has 1 aromatic carbocycles. The van der Waals surface area contributed by atoms with Gasteiger partial charge in [-0.15, -0.1) is 0 Å². The van der Waals surface area contributed by atoms with Crippen molar-refractivity contribution < 1.29 is 32.2 Å². The summed E-state index contributed by atoms with van der Waals surface area (Å²) in [5.41, 5.74) is 0.116. The number of Topliss-reactive ketones (excluding diaryl/α,β-unsaturated/α-hetero) is 1. The molecule has 10 heteroatoms. The highest BCUT2D eigenvalue weighted by molar-refractivity contribution is 5.96. The van der Waals surface area contributed by atoms with E-state index in [1.54, 1.807) is 23.2 Å². The van der Waals surface area contributed by atoms with Crippen LogP contribution in [-0.2, 0) is 10.9 Å². The maximum absolute atomic E-state index is 13.0. The normalized spacial score (nSPS) is 17.7. The van der Waals surface area contributed by atoms with Crippen molar-refractivity contribution in [3.05, 3.63) is 53.7 Å². The predicted molar refractivity (Wildman–Crippen MR) is 141 cm³/mol. The number of hydrogen-bond donors (Lipinski definition) is 0. The second-order valence-corrected chi connectivity index (χ2v) is 11.3.